The van der Waals surface area contributed by atoms with Crippen molar-refractivity contribution in [2.75, 3.05) is 27.2 Å². The first-order chi connectivity index (χ1) is 8.24. The van der Waals surface area contributed by atoms with Gasteiger partial charge in [0, 0.05) is 25.2 Å². The van der Waals surface area contributed by atoms with Crippen molar-refractivity contribution in [3.63, 3.8) is 0 Å². The summed E-state index contributed by atoms with van der Waals surface area (Å²) in [6, 6.07) is 9.48. The number of benzene rings is 1. The fourth-order valence-corrected chi connectivity index (χ4v) is 2.49. The Labute approximate surface area is 104 Å². The molecule has 94 valence electrons. The fraction of sp³-hybridized carbons (Fsp3) is 0.571. The van der Waals surface area contributed by atoms with E-state index in [2.05, 4.69) is 35.3 Å². The van der Waals surface area contributed by atoms with E-state index in [1.54, 1.807) is 7.11 Å². The second-order valence-electron chi connectivity index (χ2n) is 4.72. The van der Waals surface area contributed by atoms with Gasteiger partial charge in [-0.15, -0.1) is 0 Å². The van der Waals surface area contributed by atoms with Crippen molar-refractivity contribution in [2.45, 2.75) is 25.4 Å². The van der Waals surface area contributed by atoms with Crippen molar-refractivity contribution < 1.29 is 4.74 Å². The first-order valence-corrected chi connectivity index (χ1v) is 6.30. The quantitative estimate of drug-likeness (QED) is 0.863. The number of likely N-dealkylation sites (tertiary alicyclic amines) is 1. The Morgan fingerprint density at radius 3 is 2.94 bits per heavy atom. The van der Waals surface area contributed by atoms with E-state index in [-0.39, 0.29) is 0 Å². The average Bonchev–Trinajstić information content (AvgIpc) is 2.86. The van der Waals surface area contributed by atoms with Crippen LogP contribution in [0.4, 0.5) is 0 Å². The number of ether oxygens (including phenoxy) is 1. The van der Waals surface area contributed by atoms with Gasteiger partial charge in [0.2, 0.25) is 0 Å². The Bertz CT molecular complexity index is 367. The average molecular weight is 234 g/mol. The van der Waals surface area contributed by atoms with E-state index in [1.165, 1.54) is 18.5 Å². The Morgan fingerprint density at radius 2 is 2.29 bits per heavy atom. The molecule has 1 heterocycles. The minimum Gasteiger partial charge on any atom is -0.497 e. The highest BCUT2D eigenvalue weighted by molar-refractivity contribution is 5.30. The zero-order chi connectivity index (χ0) is 12.3. The minimum absolute atomic E-state index is 0.462. The van der Waals surface area contributed by atoms with Crippen LogP contribution in [0.25, 0.3) is 0 Å². The van der Waals surface area contributed by atoms with Crippen LogP contribution in [0.1, 0.15) is 24.9 Å². The topological polar surface area (TPSA) is 24.5 Å². The molecule has 1 fully saturated rings. The smallest absolute Gasteiger partial charge is 0.119 e. The second-order valence-corrected chi connectivity index (χ2v) is 4.72. The molecule has 0 amide bonds. The molecule has 3 nitrogen and oxygen atoms in total. The monoisotopic (exact) mass is 234 g/mol. The molecule has 1 aliphatic rings. The van der Waals surface area contributed by atoms with Crippen molar-refractivity contribution in [2.24, 2.45) is 0 Å². The van der Waals surface area contributed by atoms with Crippen LogP contribution >= 0.6 is 0 Å². The second kappa shape index (κ2) is 5.52. The summed E-state index contributed by atoms with van der Waals surface area (Å²) in [6.45, 7) is 4.57. The third kappa shape index (κ3) is 2.79. The van der Waals surface area contributed by atoms with Gasteiger partial charge in [-0.1, -0.05) is 12.1 Å². The van der Waals surface area contributed by atoms with Gasteiger partial charge >= 0.3 is 0 Å². The summed E-state index contributed by atoms with van der Waals surface area (Å²) in [5, 5.41) is 3.36. The lowest BCUT2D eigenvalue weighted by Gasteiger charge is -2.25. The van der Waals surface area contributed by atoms with E-state index in [1.807, 2.05) is 13.1 Å². The van der Waals surface area contributed by atoms with Gasteiger partial charge in [0.15, 0.2) is 0 Å². The third-order valence-corrected chi connectivity index (χ3v) is 3.75. The van der Waals surface area contributed by atoms with Gasteiger partial charge in [-0.25, -0.2) is 0 Å². The lowest BCUT2D eigenvalue weighted by Crippen LogP contribution is -2.31. The van der Waals surface area contributed by atoms with E-state index < -0.39 is 0 Å². The molecule has 3 heteroatoms. The molecule has 2 unspecified atom stereocenters. The van der Waals surface area contributed by atoms with Gasteiger partial charge in [0.25, 0.3) is 0 Å². The molecule has 0 bridgehead atoms. The first-order valence-electron chi connectivity index (χ1n) is 6.30. The van der Waals surface area contributed by atoms with E-state index in [9.17, 15) is 0 Å². The highest BCUT2D eigenvalue weighted by atomic mass is 16.5. The van der Waals surface area contributed by atoms with Crippen LogP contribution in [0.3, 0.4) is 0 Å². The van der Waals surface area contributed by atoms with E-state index in [4.69, 9.17) is 4.74 Å². The highest BCUT2D eigenvalue weighted by Crippen LogP contribution is 2.26. The molecule has 1 aromatic rings. The van der Waals surface area contributed by atoms with Gasteiger partial charge in [0.05, 0.1) is 7.11 Å². The van der Waals surface area contributed by atoms with Crippen LogP contribution in [0.5, 0.6) is 5.75 Å². The fourth-order valence-electron chi connectivity index (χ4n) is 2.49. The maximum atomic E-state index is 5.28. The summed E-state index contributed by atoms with van der Waals surface area (Å²) in [7, 11) is 3.76. The van der Waals surface area contributed by atoms with Gasteiger partial charge in [0.1, 0.15) is 5.75 Å². The van der Waals surface area contributed by atoms with Gasteiger partial charge < -0.3 is 10.1 Å². The summed E-state index contributed by atoms with van der Waals surface area (Å²) in [4.78, 5) is 2.52. The van der Waals surface area contributed by atoms with Crippen molar-refractivity contribution in [3.8, 4) is 5.75 Å². The number of hydrogen-bond donors (Lipinski definition) is 1. The number of likely N-dealkylation sites (N-methyl/N-ethyl adjacent to an activating group) is 1. The SMILES string of the molecule is CNC1CCN(C(C)c2cccc(OC)c2)C1. The Kier molecular flexibility index (Phi) is 4.02. The molecule has 0 radical (unpaired) electrons. The van der Waals surface area contributed by atoms with Crippen molar-refractivity contribution >= 4 is 0 Å². The largest absolute Gasteiger partial charge is 0.497 e. The molecule has 1 aliphatic heterocycles. The van der Waals surface area contributed by atoms with Gasteiger partial charge in [-0.05, 0) is 38.1 Å². The zero-order valence-electron chi connectivity index (χ0n) is 10.9. The van der Waals surface area contributed by atoms with Crippen molar-refractivity contribution in [1.82, 2.24) is 10.2 Å². The van der Waals surface area contributed by atoms with Crippen LogP contribution in [-0.4, -0.2) is 38.2 Å². The third-order valence-electron chi connectivity index (χ3n) is 3.75. The molecule has 1 N–H and O–H groups in total. The molecule has 2 rings (SSSR count). The highest BCUT2D eigenvalue weighted by Gasteiger charge is 2.25. The molecule has 0 saturated carbocycles. The lowest BCUT2D eigenvalue weighted by molar-refractivity contribution is 0.256. The molecule has 0 spiro atoms. The molecule has 0 aliphatic carbocycles. The van der Waals surface area contributed by atoms with Crippen LogP contribution in [0, 0.1) is 0 Å². The summed E-state index contributed by atoms with van der Waals surface area (Å²) in [5.74, 6) is 0.943. The maximum absolute atomic E-state index is 5.28. The molecular formula is C14H22N2O. The molecule has 1 aromatic carbocycles. The summed E-state index contributed by atoms with van der Waals surface area (Å²) >= 11 is 0. The summed E-state index contributed by atoms with van der Waals surface area (Å²) in [6.07, 6.45) is 1.24. The molecule has 17 heavy (non-hydrogen) atoms. The van der Waals surface area contributed by atoms with Gasteiger partial charge in [-0.2, -0.15) is 0 Å². The Balaban J connectivity index is 2.06. The number of hydrogen-bond acceptors (Lipinski definition) is 3. The molecule has 0 aromatic heterocycles. The maximum Gasteiger partial charge on any atom is 0.119 e. The summed E-state index contributed by atoms with van der Waals surface area (Å²) < 4.78 is 5.28. The first kappa shape index (κ1) is 12.4. The predicted molar refractivity (Wildman–Crippen MR) is 70.4 cm³/mol. The van der Waals surface area contributed by atoms with Gasteiger partial charge in [-0.3, -0.25) is 4.90 Å². The van der Waals surface area contributed by atoms with Crippen LogP contribution < -0.4 is 10.1 Å². The van der Waals surface area contributed by atoms with E-state index in [0.29, 0.717) is 12.1 Å². The van der Waals surface area contributed by atoms with Crippen LogP contribution in [0.2, 0.25) is 0 Å². The normalized spacial score (nSPS) is 22.6. The van der Waals surface area contributed by atoms with E-state index >= 15 is 0 Å². The predicted octanol–water partition coefficient (Wildman–Crippen LogP) is 2.05. The number of methoxy groups -OCH3 is 1. The molecular weight excluding hydrogens is 212 g/mol. The number of nitrogens with zero attached hydrogens (tertiary/aromatic N) is 1. The summed E-state index contributed by atoms with van der Waals surface area (Å²) in [5.41, 5.74) is 1.33. The Morgan fingerprint density at radius 1 is 1.47 bits per heavy atom. The zero-order valence-corrected chi connectivity index (χ0v) is 10.9. The molecule has 1 saturated heterocycles. The number of nitrogens with one attached hydrogen (secondary N) is 1. The van der Waals surface area contributed by atoms with E-state index in [0.717, 1.165) is 12.3 Å². The lowest BCUT2D eigenvalue weighted by atomic mass is 10.1. The minimum atomic E-state index is 0.462. The molecule has 2 atom stereocenters. The van der Waals surface area contributed by atoms with Crippen LogP contribution in [0.15, 0.2) is 24.3 Å². The Hall–Kier alpha value is -1.06. The van der Waals surface area contributed by atoms with Crippen molar-refractivity contribution in [3.05, 3.63) is 29.8 Å². The number of rotatable bonds is 4. The van der Waals surface area contributed by atoms with Crippen LogP contribution in [-0.2, 0) is 0 Å². The standard InChI is InChI=1S/C14H22N2O/c1-11(16-8-7-13(10-16)15-2)12-5-4-6-14(9-12)17-3/h4-6,9,11,13,15H,7-8,10H2,1-3H3. The van der Waals surface area contributed by atoms with Crippen molar-refractivity contribution in [1.29, 1.82) is 0 Å².